The second kappa shape index (κ2) is 5.49. The lowest BCUT2D eigenvalue weighted by Crippen LogP contribution is -1.95. The van der Waals surface area contributed by atoms with Gasteiger partial charge in [-0.1, -0.05) is 29.8 Å². The zero-order valence-corrected chi connectivity index (χ0v) is 13.8. The molecule has 0 fully saturated rings. The third kappa shape index (κ3) is 2.42. The van der Waals surface area contributed by atoms with Crippen molar-refractivity contribution in [3.05, 3.63) is 53.6 Å². The average molecular weight is 329 g/mol. The van der Waals surface area contributed by atoms with Gasteiger partial charge in [-0.15, -0.1) is 0 Å². The summed E-state index contributed by atoms with van der Waals surface area (Å²) in [7, 11) is 1.76. The highest BCUT2D eigenvalue weighted by molar-refractivity contribution is 5.83. The molecule has 6 heteroatoms. The van der Waals surface area contributed by atoms with Crippen LogP contribution in [0.5, 0.6) is 5.75 Å². The van der Waals surface area contributed by atoms with E-state index >= 15 is 0 Å². The zero-order chi connectivity index (χ0) is 17.6. The minimum Gasteiger partial charge on any atom is -0.504 e. The first-order chi connectivity index (χ1) is 12.1. The summed E-state index contributed by atoms with van der Waals surface area (Å²) < 4.78 is 1.60. The van der Waals surface area contributed by atoms with Gasteiger partial charge in [-0.05, 0) is 25.1 Å². The highest BCUT2D eigenvalue weighted by Gasteiger charge is 2.21. The van der Waals surface area contributed by atoms with E-state index in [1.165, 1.54) is 0 Å². The Labute approximate surface area is 144 Å². The van der Waals surface area contributed by atoms with Crippen LogP contribution in [0.4, 0.5) is 0 Å². The van der Waals surface area contributed by atoms with Crippen LogP contribution in [0.25, 0.3) is 33.8 Å². The smallest absolute Gasteiger partial charge is 0.173 e. The molecule has 0 unspecified atom stereocenters. The number of nitrogens with one attached hydrogen (secondary N) is 1. The number of hydrogen-bond donors (Lipinski definition) is 2. The van der Waals surface area contributed by atoms with E-state index in [0.29, 0.717) is 22.8 Å². The van der Waals surface area contributed by atoms with Crippen molar-refractivity contribution in [2.75, 3.05) is 0 Å². The number of aromatic hydroxyl groups is 1. The highest BCUT2D eigenvalue weighted by atomic mass is 16.3. The molecule has 4 aromatic rings. The van der Waals surface area contributed by atoms with Crippen molar-refractivity contribution in [3.8, 4) is 34.6 Å². The molecule has 0 saturated carbocycles. The van der Waals surface area contributed by atoms with Gasteiger partial charge in [0, 0.05) is 12.6 Å². The van der Waals surface area contributed by atoms with Crippen LogP contribution in [0.1, 0.15) is 11.1 Å². The van der Waals surface area contributed by atoms with Crippen molar-refractivity contribution in [1.82, 2.24) is 19.7 Å². The minimum absolute atomic E-state index is 0.0749. The van der Waals surface area contributed by atoms with Crippen LogP contribution in [0, 0.1) is 18.3 Å². The van der Waals surface area contributed by atoms with Gasteiger partial charge in [0.1, 0.15) is 11.4 Å². The Morgan fingerprint density at radius 3 is 2.64 bits per heavy atom. The number of aromatic nitrogens is 4. The second-order valence-electron chi connectivity index (χ2n) is 5.96. The van der Waals surface area contributed by atoms with Crippen molar-refractivity contribution >= 4 is 11.0 Å². The summed E-state index contributed by atoms with van der Waals surface area (Å²) >= 11 is 0. The Bertz CT molecular complexity index is 1130. The first-order valence-corrected chi connectivity index (χ1v) is 7.80. The van der Waals surface area contributed by atoms with E-state index in [4.69, 9.17) is 5.26 Å². The molecule has 2 N–H and O–H groups in total. The van der Waals surface area contributed by atoms with Gasteiger partial charge in [0.05, 0.1) is 22.7 Å². The number of imidazole rings is 1. The third-order valence-electron chi connectivity index (χ3n) is 4.18. The van der Waals surface area contributed by atoms with Crippen LogP contribution in [-0.4, -0.2) is 24.9 Å². The van der Waals surface area contributed by atoms with Crippen LogP contribution in [0.2, 0.25) is 0 Å². The van der Waals surface area contributed by atoms with Gasteiger partial charge in [0.2, 0.25) is 0 Å². The van der Waals surface area contributed by atoms with Gasteiger partial charge in [-0.3, -0.25) is 4.68 Å². The van der Waals surface area contributed by atoms with Gasteiger partial charge < -0.3 is 10.1 Å². The Morgan fingerprint density at radius 2 is 1.92 bits per heavy atom. The monoisotopic (exact) mass is 329 g/mol. The van der Waals surface area contributed by atoms with E-state index in [2.05, 4.69) is 21.1 Å². The summed E-state index contributed by atoms with van der Waals surface area (Å²) in [6.45, 7) is 2.01. The summed E-state index contributed by atoms with van der Waals surface area (Å²) in [5.74, 6) is 0.585. The fourth-order valence-corrected chi connectivity index (χ4v) is 2.88. The number of aryl methyl sites for hydroxylation is 2. The predicted octanol–water partition coefficient (Wildman–Crippen LogP) is 3.52. The van der Waals surface area contributed by atoms with E-state index < -0.39 is 0 Å². The maximum Gasteiger partial charge on any atom is 0.173 e. The number of nitrogens with zero attached hydrogens (tertiary/aromatic N) is 4. The molecule has 4 rings (SSSR count). The van der Waals surface area contributed by atoms with Crippen LogP contribution >= 0.6 is 0 Å². The van der Waals surface area contributed by atoms with Crippen molar-refractivity contribution in [3.63, 3.8) is 0 Å². The van der Waals surface area contributed by atoms with Crippen molar-refractivity contribution in [1.29, 1.82) is 5.26 Å². The average Bonchev–Trinajstić information content (AvgIpc) is 3.15. The van der Waals surface area contributed by atoms with Gasteiger partial charge in [0.15, 0.2) is 11.6 Å². The molecule has 0 bridgehead atoms. The van der Waals surface area contributed by atoms with Crippen LogP contribution in [-0.2, 0) is 7.05 Å². The molecule has 6 nitrogen and oxygen atoms in total. The van der Waals surface area contributed by atoms with Gasteiger partial charge in [-0.25, -0.2) is 4.98 Å². The number of nitriles is 1. The minimum atomic E-state index is 0.0749. The summed E-state index contributed by atoms with van der Waals surface area (Å²) in [4.78, 5) is 7.67. The summed E-state index contributed by atoms with van der Waals surface area (Å²) in [5, 5.41) is 24.2. The van der Waals surface area contributed by atoms with Crippen molar-refractivity contribution in [2.45, 2.75) is 6.92 Å². The number of fused-ring (bicyclic) bond motifs is 1. The second-order valence-corrected chi connectivity index (χ2v) is 5.96. The normalized spacial score (nSPS) is 10.9. The third-order valence-corrected chi connectivity index (χ3v) is 4.18. The SMILES string of the molecule is Cc1ccc(-c2nn(C)c(-c3nc4ccc(C#N)cc4[nH]3)c2O)cc1. The number of hydrogen-bond acceptors (Lipinski definition) is 4. The molecule has 2 heterocycles. The molecule has 2 aromatic carbocycles. The zero-order valence-electron chi connectivity index (χ0n) is 13.8. The fraction of sp³-hybridized carbons (Fsp3) is 0.105. The fourth-order valence-electron chi connectivity index (χ4n) is 2.88. The van der Waals surface area contributed by atoms with Gasteiger partial charge >= 0.3 is 0 Å². The lowest BCUT2D eigenvalue weighted by Gasteiger charge is -1.99. The molecule has 0 atom stereocenters. The molecule has 0 saturated heterocycles. The number of H-pyrrole nitrogens is 1. The van der Waals surface area contributed by atoms with Crippen molar-refractivity contribution in [2.24, 2.45) is 7.05 Å². The molecule has 25 heavy (non-hydrogen) atoms. The number of rotatable bonds is 2. The van der Waals surface area contributed by atoms with Crippen molar-refractivity contribution < 1.29 is 5.11 Å². The molecular weight excluding hydrogens is 314 g/mol. The molecular formula is C19H15N5O. The quantitative estimate of drug-likeness (QED) is 0.589. The summed E-state index contributed by atoms with van der Waals surface area (Å²) in [6.07, 6.45) is 0. The van der Waals surface area contributed by atoms with Crippen LogP contribution in [0.15, 0.2) is 42.5 Å². The predicted molar refractivity (Wildman–Crippen MR) is 94.8 cm³/mol. The van der Waals surface area contributed by atoms with E-state index in [-0.39, 0.29) is 5.75 Å². The lowest BCUT2D eigenvalue weighted by atomic mass is 10.1. The molecule has 122 valence electrons. The molecule has 0 aliphatic rings. The van der Waals surface area contributed by atoms with E-state index in [1.54, 1.807) is 29.9 Å². The molecule has 2 aromatic heterocycles. The largest absolute Gasteiger partial charge is 0.504 e. The summed E-state index contributed by atoms with van der Waals surface area (Å²) in [6, 6.07) is 15.2. The topological polar surface area (TPSA) is 90.5 Å². The Balaban J connectivity index is 1.86. The van der Waals surface area contributed by atoms with Crippen LogP contribution in [0.3, 0.4) is 0 Å². The number of aromatic amines is 1. The highest BCUT2D eigenvalue weighted by Crippen LogP contribution is 2.37. The maximum atomic E-state index is 10.7. The molecule has 0 spiro atoms. The van der Waals surface area contributed by atoms with E-state index in [9.17, 15) is 5.11 Å². The molecule has 0 aliphatic carbocycles. The summed E-state index contributed by atoms with van der Waals surface area (Å²) in [5.41, 5.74) is 5.02. The first kappa shape index (κ1) is 15.0. The van der Waals surface area contributed by atoms with Gasteiger partial charge in [0.25, 0.3) is 0 Å². The van der Waals surface area contributed by atoms with Crippen LogP contribution < -0.4 is 0 Å². The number of benzene rings is 2. The Kier molecular flexibility index (Phi) is 3.29. The van der Waals surface area contributed by atoms with Gasteiger partial charge in [-0.2, -0.15) is 10.4 Å². The Hall–Kier alpha value is -3.59. The maximum absolute atomic E-state index is 10.7. The molecule has 0 radical (unpaired) electrons. The first-order valence-electron chi connectivity index (χ1n) is 7.80. The van der Waals surface area contributed by atoms with E-state index in [1.807, 2.05) is 31.2 Å². The molecule has 0 aliphatic heterocycles. The standard InChI is InChI=1S/C19H15N5O/c1-11-3-6-13(7-4-11)16-18(25)17(24(2)23-16)19-21-14-8-5-12(10-20)9-15(14)22-19/h3-9,25H,1-2H3,(H,21,22). The molecule has 0 amide bonds. The Morgan fingerprint density at radius 1 is 1.16 bits per heavy atom. The lowest BCUT2D eigenvalue weighted by molar-refractivity contribution is 0.478. The van der Waals surface area contributed by atoms with E-state index in [0.717, 1.165) is 22.2 Å².